The van der Waals surface area contributed by atoms with Gasteiger partial charge in [-0.3, -0.25) is 9.78 Å². The van der Waals surface area contributed by atoms with Crippen molar-refractivity contribution >= 4 is 12.0 Å². The smallest absolute Gasteiger partial charge is 0.244 e. The summed E-state index contributed by atoms with van der Waals surface area (Å²) in [5, 5.41) is 11.9. The van der Waals surface area contributed by atoms with E-state index in [0.29, 0.717) is 6.54 Å². The van der Waals surface area contributed by atoms with Gasteiger partial charge in [-0.15, -0.1) is 0 Å². The monoisotopic (exact) mass is 254 g/mol. The van der Waals surface area contributed by atoms with Crippen LogP contribution < -0.4 is 5.32 Å². The summed E-state index contributed by atoms with van der Waals surface area (Å²) in [5.41, 5.74) is 1.81. The predicted octanol–water partition coefficient (Wildman–Crippen LogP) is 2.12. The second kappa shape index (κ2) is 6.35. The van der Waals surface area contributed by atoms with E-state index >= 15 is 0 Å². The van der Waals surface area contributed by atoms with Crippen LogP contribution in [0.5, 0.6) is 5.75 Å². The Bertz CT molecular complexity index is 562. The fraction of sp³-hybridized carbons (Fsp3) is 0.0667. The predicted molar refractivity (Wildman–Crippen MR) is 73.2 cm³/mol. The number of hydrogen-bond acceptors (Lipinski definition) is 3. The average Bonchev–Trinajstić information content (AvgIpc) is 2.45. The van der Waals surface area contributed by atoms with Gasteiger partial charge in [-0.25, -0.2) is 0 Å². The number of aromatic hydroxyl groups is 1. The van der Waals surface area contributed by atoms with Crippen LogP contribution in [0.1, 0.15) is 11.1 Å². The van der Waals surface area contributed by atoms with Crippen LogP contribution in [0.2, 0.25) is 0 Å². The highest BCUT2D eigenvalue weighted by molar-refractivity contribution is 5.91. The minimum absolute atomic E-state index is 0.170. The third-order valence-corrected chi connectivity index (χ3v) is 2.51. The largest absolute Gasteiger partial charge is 0.508 e. The van der Waals surface area contributed by atoms with Crippen molar-refractivity contribution in [1.82, 2.24) is 10.3 Å². The second-order valence-electron chi connectivity index (χ2n) is 4.00. The molecule has 19 heavy (non-hydrogen) atoms. The van der Waals surface area contributed by atoms with Crippen molar-refractivity contribution in [1.29, 1.82) is 0 Å². The normalized spacial score (nSPS) is 10.5. The van der Waals surface area contributed by atoms with Crippen molar-refractivity contribution in [2.24, 2.45) is 0 Å². The molecule has 4 heteroatoms. The number of nitrogens with zero attached hydrogens (tertiary/aromatic N) is 1. The number of phenolic OH excluding ortho intramolecular Hbond substituents is 1. The molecule has 2 aromatic rings. The lowest BCUT2D eigenvalue weighted by molar-refractivity contribution is -0.116. The number of pyridine rings is 1. The van der Waals surface area contributed by atoms with Crippen LogP contribution in [0.15, 0.2) is 54.9 Å². The van der Waals surface area contributed by atoms with Crippen LogP contribution in [0.4, 0.5) is 0 Å². The summed E-state index contributed by atoms with van der Waals surface area (Å²) in [7, 11) is 0. The van der Waals surface area contributed by atoms with Crippen LogP contribution in [-0.2, 0) is 11.3 Å². The van der Waals surface area contributed by atoms with E-state index in [1.165, 1.54) is 6.08 Å². The Hall–Kier alpha value is -2.62. The van der Waals surface area contributed by atoms with E-state index in [9.17, 15) is 4.79 Å². The molecule has 0 radical (unpaired) electrons. The summed E-state index contributed by atoms with van der Waals surface area (Å²) >= 11 is 0. The van der Waals surface area contributed by atoms with Crippen molar-refractivity contribution in [2.45, 2.75) is 6.54 Å². The summed E-state index contributed by atoms with van der Waals surface area (Å²) in [6.07, 6.45) is 6.56. The molecule has 1 aromatic carbocycles. The number of rotatable bonds is 4. The molecule has 0 atom stereocenters. The minimum Gasteiger partial charge on any atom is -0.508 e. The zero-order valence-corrected chi connectivity index (χ0v) is 10.3. The molecular weight excluding hydrogens is 240 g/mol. The molecule has 0 spiro atoms. The van der Waals surface area contributed by atoms with Crippen molar-refractivity contribution in [2.75, 3.05) is 0 Å². The number of phenols is 1. The van der Waals surface area contributed by atoms with Crippen molar-refractivity contribution in [3.8, 4) is 5.75 Å². The summed E-state index contributed by atoms with van der Waals surface area (Å²) in [6, 6.07) is 10.4. The second-order valence-corrected chi connectivity index (χ2v) is 4.00. The topological polar surface area (TPSA) is 62.2 Å². The third-order valence-electron chi connectivity index (χ3n) is 2.51. The van der Waals surface area contributed by atoms with Gasteiger partial charge in [-0.2, -0.15) is 0 Å². The first kappa shape index (κ1) is 12.8. The molecule has 1 heterocycles. The van der Waals surface area contributed by atoms with E-state index in [4.69, 9.17) is 5.11 Å². The molecule has 0 fully saturated rings. The maximum atomic E-state index is 11.6. The molecule has 2 N–H and O–H groups in total. The Balaban J connectivity index is 1.86. The molecule has 96 valence electrons. The highest BCUT2D eigenvalue weighted by Crippen LogP contribution is 2.10. The minimum atomic E-state index is -0.170. The van der Waals surface area contributed by atoms with Gasteiger partial charge < -0.3 is 10.4 Å². The van der Waals surface area contributed by atoms with Crippen molar-refractivity contribution in [3.05, 3.63) is 66.0 Å². The number of carbonyl (C=O) groups excluding carboxylic acids is 1. The van der Waals surface area contributed by atoms with Gasteiger partial charge in [0.25, 0.3) is 0 Å². The molecule has 0 bridgehead atoms. The molecule has 0 aliphatic heterocycles. The highest BCUT2D eigenvalue weighted by atomic mass is 16.3. The van der Waals surface area contributed by atoms with E-state index in [0.717, 1.165) is 11.1 Å². The quantitative estimate of drug-likeness (QED) is 0.821. The van der Waals surface area contributed by atoms with Gasteiger partial charge in [0.1, 0.15) is 5.75 Å². The molecule has 0 unspecified atom stereocenters. The maximum Gasteiger partial charge on any atom is 0.244 e. The SMILES string of the molecule is O=C(C=Cc1ccc(O)cc1)NCc1cccnc1. The van der Waals surface area contributed by atoms with Crippen LogP contribution in [-0.4, -0.2) is 16.0 Å². The molecule has 0 saturated carbocycles. The Morgan fingerprint density at radius 3 is 2.74 bits per heavy atom. The fourth-order valence-electron chi connectivity index (χ4n) is 1.51. The summed E-state index contributed by atoms with van der Waals surface area (Å²) in [6.45, 7) is 0.451. The molecule has 0 saturated heterocycles. The molecular formula is C15H14N2O2. The number of hydrogen-bond donors (Lipinski definition) is 2. The van der Waals surface area contributed by atoms with Crippen molar-refractivity contribution in [3.63, 3.8) is 0 Å². The molecule has 4 nitrogen and oxygen atoms in total. The number of aromatic nitrogens is 1. The molecule has 1 amide bonds. The standard InChI is InChI=1S/C15H14N2O2/c18-14-6-3-12(4-7-14)5-8-15(19)17-11-13-2-1-9-16-10-13/h1-10,18H,11H2,(H,17,19). The van der Waals surface area contributed by atoms with Gasteiger partial charge in [0.05, 0.1) is 0 Å². The van der Waals surface area contributed by atoms with Gasteiger partial charge >= 0.3 is 0 Å². The maximum absolute atomic E-state index is 11.6. The van der Waals surface area contributed by atoms with E-state index in [1.807, 2.05) is 12.1 Å². The van der Waals surface area contributed by atoms with E-state index in [-0.39, 0.29) is 11.7 Å². The first-order chi connectivity index (χ1) is 9.24. The first-order valence-electron chi connectivity index (χ1n) is 5.88. The fourth-order valence-corrected chi connectivity index (χ4v) is 1.51. The van der Waals surface area contributed by atoms with E-state index in [2.05, 4.69) is 10.3 Å². The summed E-state index contributed by atoms with van der Waals surface area (Å²) in [4.78, 5) is 15.6. The number of carbonyl (C=O) groups is 1. The molecule has 0 aliphatic rings. The van der Waals surface area contributed by atoms with E-state index < -0.39 is 0 Å². The third kappa shape index (κ3) is 4.27. The Morgan fingerprint density at radius 2 is 2.05 bits per heavy atom. The van der Waals surface area contributed by atoms with Gasteiger partial charge in [0, 0.05) is 25.0 Å². The lowest BCUT2D eigenvalue weighted by atomic mass is 10.2. The van der Waals surface area contributed by atoms with Gasteiger partial charge in [-0.1, -0.05) is 18.2 Å². The van der Waals surface area contributed by atoms with Gasteiger partial charge in [-0.05, 0) is 35.4 Å². The Labute approximate surface area is 111 Å². The van der Waals surface area contributed by atoms with Gasteiger partial charge in [0.15, 0.2) is 0 Å². The molecule has 0 aliphatic carbocycles. The number of amides is 1. The Kier molecular flexibility index (Phi) is 4.29. The molecule has 1 aromatic heterocycles. The van der Waals surface area contributed by atoms with Crippen molar-refractivity contribution < 1.29 is 9.90 Å². The summed E-state index contributed by atoms with van der Waals surface area (Å²) < 4.78 is 0. The number of nitrogens with one attached hydrogen (secondary N) is 1. The molecule has 2 rings (SSSR count). The van der Waals surface area contributed by atoms with Crippen LogP contribution in [0.25, 0.3) is 6.08 Å². The lowest BCUT2D eigenvalue weighted by Gasteiger charge is -2.01. The zero-order valence-electron chi connectivity index (χ0n) is 10.3. The average molecular weight is 254 g/mol. The highest BCUT2D eigenvalue weighted by Gasteiger charge is 1.96. The van der Waals surface area contributed by atoms with Crippen LogP contribution >= 0.6 is 0 Å². The van der Waals surface area contributed by atoms with Crippen LogP contribution in [0, 0.1) is 0 Å². The van der Waals surface area contributed by atoms with Crippen LogP contribution in [0.3, 0.4) is 0 Å². The summed E-state index contributed by atoms with van der Waals surface area (Å²) in [5.74, 6) is 0.0371. The zero-order chi connectivity index (χ0) is 13.5. The van der Waals surface area contributed by atoms with E-state index in [1.54, 1.807) is 42.7 Å². The lowest BCUT2D eigenvalue weighted by Crippen LogP contribution is -2.20. The van der Waals surface area contributed by atoms with Gasteiger partial charge in [0.2, 0.25) is 5.91 Å². The Morgan fingerprint density at radius 1 is 1.26 bits per heavy atom. The first-order valence-corrected chi connectivity index (χ1v) is 5.88. The number of benzene rings is 1.